The Bertz CT molecular complexity index is 1870. The lowest BCUT2D eigenvalue weighted by Gasteiger charge is -2.27. The van der Waals surface area contributed by atoms with Crippen LogP contribution in [0.15, 0.2) is 97.1 Å². The minimum atomic E-state index is 0.769. The minimum Gasteiger partial charge on any atom is -0.385 e. The van der Waals surface area contributed by atoms with E-state index in [9.17, 15) is 0 Å². The highest BCUT2D eigenvalue weighted by molar-refractivity contribution is 5.48. The predicted molar refractivity (Wildman–Crippen MR) is 333 cm³/mol. The van der Waals surface area contributed by atoms with Gasteiger partial charge in [-0.2, -0.15) is 0 Å². The zero-order chi connectivity index (χ0) is 55.0. The van der Waals surface area contributed by atoms with Crippen LogP contribution in [0.1, 0.15) is 73.6 Å². The second-order valence-corrected chi connectivity index (χ2v) is 21.9. The Morgan fingerprint density at radius 3 is 0.688 bits per heavy atom. The zero-order valence-electron chi connectivity index (χ0n) is 48.9. The molecule has 2 fully saturated rings. The largest absolute Gasteiger partial charge is 0.385 e. The topological polar surface area (TPSA) is 146 Å². The monoisotopic (exact) mass is 1100 g/mol. The molecule has 6 aliphatic rings. The van der Waals surface area contributed by atoms with Crippen molar-refractivity contribution >= 4 is 22.7 Å². The third kappa shape index (κ3) is 28.1. The van der Waals surface area contributed by atoms with E-state index in [-0.39, 0.29) is 0 Å². The number of rotatable bonds is 0. The number of nitrogens with zero attached hydrogens (tertiary/aromatic N) is 4. The highest BCUT2D eigenvalue weighted by atomic mass is 16.5. The van der Waals surface area contributed by atoms with Crippen LogP contribution in [0.3, 0.4) is 0 Å². The van der Waals surface area contributed by atoms with Crippen LogP contribution in [-0.2, 0) is 45.1 Å². The molecule has 10 rings (SSSR count). The number of hydrogen-bond acceptors (Lipinski definition) is 16. The van der Waals surface area contributed by atoms with Crippen molar-refractivity contribution in [2.45, 2.75) is 77.5 Å². The third-order valence-corrected chi connectivity index (χ3v) is 15.0. The van der Waals surface area contributed by atoms with Crippen LogP contribution < -0.4 is 42.5 Å². The van der Waals surface area contributed by atoms with Gasteiger partial charge in [-0.25, -0.2) is 0 Å². The van der Waals surface area contributed by atoms with Gasteiger partial charge in [0, 0.05) is 233 Å². The van der Waals surface area contributed by atoms with Crippen LogP contribution in [0, 0.1) is 0 Å². The van der Waals surface area contributed by atoms with Gasteiger partial charge in [-0.15, -0.1) is 0 Å². The van der Waals surface area contributed by atoms with Gasteiger partial charge < -0.3 is 61.5 Å². The molecule has 4 aromatic carbocycles. The lowest BCUT2D eigenvalue weighted by molar-refractivity contribution is 0.102. The highest BCUT2D eigenvalue weighted by Crippen LogP contribution is 2.17. The molecule has 0 spiro atoms. The molecule has 0 radical (unpaired) electrons. The number of ether oxygens (including phenoxy) is 4. The van der Waals surface area contributed by atoms with E-state index in [4.69, 9.17) is 18.9 Å². The van der Waals surface area contributed by atoms with E-state index < -0.39 is 0 Å². The molecule has 0 amide bonds. The summed E-state index contributed by atoms with van der Waals surface area (Å²) in [6.45, 7) is 29.6. The van der Waals surface area contributed by atoms with Crippen molar-refractivity contribution < 1.29 is 18.9 Å². The van der Waals surface area contributed by atoms with E-state index in [1.54, 1.807) is 0 Å². The van der Waals surface area contributed by atoms with Gasteiger partial charge in [0.15, 0.2) is 0 Å². The Labute approximate surface area is 482 Å². The molecule has 0 atom stereocenters. The number of nitrogens with one attached hydrogen (secondary N) is 8. The van der Waals surface area contributed by atoms with Crippen LogP contribution >= 0.6 is 0 Å². The van der Waals surface area contributed by atoms with Gasteiger partial charge in [-0.1, -0.05) is 48.5 Å². The predicted octanol–water partition coefficient (Wildman–Crippen LogP) is 7.23. The molecule has 80 heavy (non-hydrogen) atoms. The first-order valence-electron chi connectivity index (χ1n) is 31.0. The lowest BCUT2D eigenvalue weighted by Crippen LogP contribution is -2.42. The average molecular weight is 1110 g/mol. The van der Waals surface area contributed by atoms with Crippen molar-refractivity contribution in [3.63, 3.8) is 0 Å². The third-order valence-electron chi connectivity index (χ3n) is 15.0. The maximum Gasteiger partial charge on any atom is 0.0482 e. The Kier molecular flexibility index (Phi) is 32.2. The summed E-state index contributed by atoms with van der Waals surface area (Å²) in [4.78, 5) is 10.3. The maximum absolute atomic E-state index is 5.99. The van der Waals surface area contributed by atoms with E-state index >= 15 is 0 Å². The maximum atomic E-state index is 5.99. The molecule has 0 saturated carbocycles. The average Bonchev–Trinajstić information content (AvgIpc) is 3.46. The van der Waals surface area contributed by atoms with Crippen LogP contribution in [-0.4, -0.2) is 203 Å². The standard InChI is InChI=1S/C64H104N12O4/c1-2-42-78-46-10-22-70-62-18-6-14-58(50-62)54-74-35-27-67-31-39-76(40-32-68-28-36-74)56-60-16-8-20-64(52-60)72-24-12-48-80-44-4-3-43-79-47-11-23-71-63-19-7-15-59(51-63)55-75-37-29-65-25-33-73(34-26-66-30-38-75)53-57-13-5-17-61(49-57)69-21-9-45-77-41-1/h5-8,13-20,49-52,65-72H,1-4,9-12,21-48,53-56H2. The van der Waals surface area contributed by atoms with E-state index in [1.165, 1.54) is 45.0 Å². The summed E-state index contributed by atoms with van der Waals surface area (Å²) in [7, 11) is 0. The fourth-order valence-corrected chi connectivity index (χ4v) is 10.5. The summed E-state index contributed by atoms with van der Waals surface area (Å²) >= 11 is 0. The van der Waals surface area contributed by atoms with Crippen molar-refractivity contribution in [3.8, 4) is 0 Å². The quantitative estimate of drug-likeness (QED) is 0.0896. The van der Waals surface area contributed by atoms with Crippen LogP contribution in [0.25, 0.3) is 0 Å². The normalized spacial score (nSPS) is 24.0. The van der Waals surface area contributed by atoms with Crippen LogP contribution in [0.4, 0.5) is 22.7 Å². The molecule has 2 saturated heterocycles. The molecule has 0 unspecified atom stereocenters. The van der Waals surface area contributed by atoms with E-state index in [0.717, 1.165) is 261 Å². The summed E-state index contributed by atoms with van der Waals surface area (Å²) in [5.41, 5.74) is 10.1. The molecule has 8 N–H and O–H groups in total. The van der Waals surface area contributed by atoms with Crippen molar-refractivity contribution in [2.75, 3.05) is 205 Å². The molecule has 16 nitrogen and oxygen atoms in total. The number of benzene rings is 4. The van der Waals surface area contributed by atoms with Gasteiger partial charge in [-0.3, -0.25) is 19.6 Å². The molecular formula is C64H104N12O4. The molecule has 0 aromatic heterocycles. The van der Waals surface area contributed by atoms with Gasteiger partial charge in [-0.05, 0) is 122 Å². The Balaban J connectivity index is 0.822. The second-order valence-electron chi connectivity index (χ2n) is 21.9. The summed E-state index contributed by atoms with van der Waals surface area (Å²) in [5.74, 6) is 0. The summed E-state index contributed by atoms with van der Waals surface area (Å²) in [6, 6.07) is 35.8. The smallest absolute Gasteiger partial charge is 0.0482 e. The molecule has 12 bridgehead atoms. The summed E-state index contributed by atoms with van der Waals surface area (Å²) in [6.07, 6.45) is 8.03. The van der Waals surface area contributed by atoms with Crippen molar-refractivity contribution in [1.29, 1.82) is 0 Å². The lowest BCUT2D eigenvalue weighted by atomic mass is 10.1. The van der Waals surface area contributed by atoms with Crippen molar-refractivity contribution in [3.05, 3.63) is 119 Å². The van der Waals surface area contributed by atoms with E-state index in [2.05, 4.69) is 159 Å². The van der Waals surface area contributed by atoms with Crippen LogP contribution in [0.5, 0.6) is 0 Å². The summed E-state index contributed by atoms with van der Waals surface area (Å²) in [5, 5.41) is 29.6. The fraction of sp³-hybridized carbons (Fsp3) is 0.625. The first-order valence-corrected chi connectivity index (χ1v) is 31.0. The highest BCUT2D eigenvalue weighted by Gasteiger charge is 2.14. The minimum absolute atomic E-state index is 0.769. The fourth-order valence-electron chi connectivity index (χ4n) is 10.5. The zero-order valence-corrected chi connectivity index (χ0v) is 48.9. The van der Waals surface area contributed by atoms with Gasteiger partial charge in [0.1, 0.15) is 0 Å². The molecule has 6 heterocycles. The SMILES string of the molecule is c1cc2cc(c1)NCCCOCCCCOCCCNc1cccc(c1)CN1CCNCCN(CCNCC1)Cc1cccc(c1)NCCCOCCCCOCCCNc1cccc(c1)CN1CCNCCN(CCNCC1)C2. The van der Waals surface area contributed by atoms with Gasteiger partial charge in [0.2, 0.25) is 0 Å². The molecule has 16 heteroatoms. The van der Waals surface area contributed by atoms with Crippen molar-refractivity contribution in [2.24, 2.45) is 0 Å². The Morgan fingerprint density at radius 1 is 0.250 bits per heavy atom. The molecule has 6 aliphatic heterocycles. The molecule has 444 valence electrons. The van der Waals surface area contributed by atoms with Gasteiger partial charge in [0.25, 0.3) is 0 Å². The first kappa shape index (κ1) is 63.2. The number of hydrogen-bond donors (Lipinski definition) is 8. The molecular weight excluding hydrogens is 1000 g/mol. The Morgan fingerprint density at radius 2 is 0.463 bits per heavy atom. The second kappa shape index (κ2) is 40.7. The van der Waals surface area contributed by atoms with E-state index in [1.807, 2.05) is 0 Å². The Hall–Kier alpha value is -4.40. The first-order chi connectivity index (χ1) is 39.7. The summed E-state index contributed by atoms with van der Waals surface area (Å²) < 4.78 is 23.9. The van der Waals surface area contributed by atoms with E-state index in [0.29, 0.717) is 0 Å². The molecule has 4 aromatic rings. The van der Waals surface area contributed by atoms with Gasteiger partial charge >= 0.3 is 0 Å². The van der Waals surface area contributed by atoms with Gasteiger partial charge in [0.05, 0.1) is 0 Å². The number of anilines is 4. The van der Waals surface area contributed by atoms with Crippen LogP contribution in [0.2, 0.25) is 0 Å². The molecule has 0 aliphatic carbocycles. The van der Waals surface area contributed by atoms with Crippen molar-refractivity contribution in [1.82, 2.24) is 40.9 Å².